The number of rotatable bonds is 6. The average Bonchev–Trinajstić information content (AvgIpc) is 2.61. The van der Waals surface area contributed by atoms with Crippen molar-refractivity contribution in [1.29, 1.82) is 0 Å². The highest BCUT2D eigenvalue weighted by Gasteiger charge is 2.21. The van der Waals surface area contributed by atoms with Crippen molar-refractivity contribution in [3.63, 3.8) is 0 Å². The molecular weight excluding hydrogens is 354 g/mol. The van der Waals surface area contributed by atoms with Crippen molar-refractivity contribution < 1.29 is 14.3 Å². The van der Waals surface area contributed by atoms with E-state index in [0.29, 0.717) is 18.9 Å². The zero-order valence-corrected chi connectivity index (χ0v) is 18.0. The van der Waals surface area contributed by atoms with Gasteiger partial charge in [0, 0.05) is 45.7 Å². The molecule has 0 atom stereocenters. The Morgan fingerprint density at radius 2 is 1.68 bits per heavy atom. The first-order valence-corrected chi connectivity index (χ1v) is 10.2. The highest BCUT2D eigenvalue weighted by atomic mass is 16.6. The Bertz CT molecular complexity index is 642. The molecule has 1 aliphatic rings. The van der Waals surface area contributed by atoms with E-state index >= 15 is 0 Å². The van der Waals surface area contributed by atoms with E-state index in [9.17, 15) is 9.59 Å². The first-order valence-electron chi connectivity index (χ1n) is 10.2. The van der Waals surface area contributed by atoms with Crippen LogP contribution >= 0.6 is 0 Å². The van der Waals surface area contributed by atoms with E-state index in [1.807, 2.05) is 25.7 Å². The molecule has 156 valence electrons. The van der Waals surface area contributed by atoms with Gasteiger partial charge in [0.1, 0.15) is 5.60 Å². The van der Waals surface area contributed by atoms with Crippen LogP contribution in [0, 0.1) is 0 Å². The van der Waals surface area contributed by atoms with Gasteiger partial charge in [0.05, 0.1) is 0 Å². The third-order valence-corrected chi connectivity index (χ3v) is 4.78. The molecule has 0 radical (unpaired) electrons. The minimum atomic E-state index is -0.528. The van der Waals surface area contributed by atoms with Gasteiger partial charge in [-0.05, 0) is 37.8 Å². The highest BCUT2D eigenvalue weighted by Crippen LogP contribution is 2.16. The molecule has 0 saturated carbocycles. The van der Waals surface area contributed by atoms with Crippen molar-refractivity contribution in [1.82, 2.24) is 15.1 Å². The summed E-state index contributed by atoms with van der Waals surface area (Å²) in [7, 11) is 0. The number of amides is 2. The van der Waals surface area contributed by atoms with Crippen molar-refractivity contribution in [3.05, 3.63) is 35.4 Å². The van der Waals surface area contributed by atoms with Crippen LogP contribution < -0.4 is 5.32 Å². The van der Waals surface area contributed by atoms with Gasteiger partial charge in [-0.1, -0.05) is 38.1 Å². The quantitative estimate of drug-likeness (QED) is 0.810. The summed E-state index contributed by atoms with van der Waals surface area (Å²) in [5, 5.41) is 2.64. The maximum absolute atomic E-state index is 12.3. The molecule has 1 fully saturated rings. The Hall–Kier alpha value is -2.08. The number of piperazine rings is 1. The monoisotopic (exact) mass is 389 g/mol. The number of carbonyl (C=O) groups is 2. The maximum Gasteiger partial charge on any atom is 0.407 e. The second-order valence-electron chi connectivity index (χ2n) is 8.73. The van der Waals surface area contributed by atoms with Gasteiger partial charge in [-0.25, -0.2) is 4.79 Å². The number of nitrogens with one attached hydrogen (secondary N) is 1. The molecule has 1 aromatic rings. The minimum absolute atomic E-state index is 0.0806. The molecule has 0 unspecified atom stereocenters. The lowest BCUT2D eigenvalue weighted by atomic mass is 10.0. The zero-order valence-electron chi connectivity index (χ0n) is 18.0. The van der Waals surface area contributed by atoms with Crippen LogP contribution in [0.3, 0.4) is 0 Å². The van der Waals surface area contributed by atoms with Crippen molar-refractivity contribution in [2.75, 3.05) is 32.7 Å². The summed E-state index contributed by atoms with van der Waals surface area (Å²) in [6.07, 6.45) is -0.177. The molecule has 6 heteroatoms. The van der Waals surface area contributed by atoms with E-state index in [1.54, 1.807) is 0 Å². The lowest BCUT2D eigenvalue weighted by molar-refractivity contribution is -0.132. The van der Waals surface area contributed by atoms with Crippen LogP contribution in [0.5, 0.6) is 0 Å². The molecule has 0 aliphatic carbocycles. The van der Waals surface area contributed by atoms with Gasteiger partial charge >= 0.3 is 6.09 Å². The minimum Gasteiger partial charge on any atom is -0.444 e. The molecule has 1 saturated heterocycles. The van der Waals surface area contributed by atoms with Gasteiger partial charge < -0.3 is 15.0 Å². The van der Waals surface area contributed by atoms with Crippen LogP contribution in [0.15, 0.2) is 24.3 Å². The van der Waals surface area contributed by atoms with Crippen molar-refractivity contribution in [2.45, 2.75) is 59.1 Å². The summed E-state index contributed by atoms with van der Waals surface area (Å²) in [5.41, 5.74) is 2.14. The highest BCUT2D eigenvalue weighted by molar-refractivity contribution is 5.77. The fraction of sp³-hybridized carbons (Fsp3) is 0.636. The predicted octanol–water partition coefficient (Wildman–Crippen LogP) is 3.37. The summed E-state index contributed by atoms with van der Waals surface area (Å²) < 4.78 is 5.17. The molecule has 6 nitrogen and oxygen atoms in total. The Morgan fingerprint density at radius 3 is 2.21 bits per heavy atom. The lowest BCUT2D eigenvalue weighted by Crippen LogP contribution is -2.48. The van der Waals surface area contributed by atoms with Crippen LogP contribution in [0.25, 0.3) is 0 Å². The second kappa shape index (κ2) is 9.92. The lowest BCUT2D eigenvalue weighted by Gasteiger charge is -2.35. The van der Waals surface area contributed by atoms with Gasteiger partial charge in [0.2, 0.25) is 5.91 Å². The Kier molecular flexibility index (Phi) is 7.87. The first kappa shape index (κ1) is 22.2. The van der Waals surface area contributed by atoms with E-state index in [-0.39, 0.29) is 5.91 Å². The largest absolute Gasteiger partial charge is 0.444 e. The fourth-order valence-electron chi connectivity index (χ4n) is 3.17. The molecular formula is C22H35N3O3. The van der Waals surface area contributed by atoms with E-state index in [2.05, 4.69) is 48.3 Å². The average molecular weight is 390 g/mol. The third-order valence-electron chi connectivity index (χ3n) is 4.78. The summed E-state index contributed by atoms with van der Waals surface area (Å²) in [5.74, 6) is 0.630. The van der Waals surface area contributed by atoms with E-state index in [1.165, 1.54) is 11.1 Å². The smallest absolute Gasteiger partial charge is 0.407 e. The number of carbonyl (C=O) groups excluding carboxylic acids is 2. The van der Waals surface area contributed by atoms with Crippen LogP contribution in [0.1, 0.15) is 58.1 Å². The topological polar surface area (TPSA) is 61.9 Å². The van der Waals surface area contributed by atoms with Gasteiger partial charge in [-0.2, -0.15) is 0 Å². The Balaban J connectivity index is 1.68. The molecule has 1 aliphatic heterocycles. The predicted molar refractivity (Wildman–Crippen MR) is 111 cm³/mol. The van der Waals surface area contributed by atoms with Gasteiger partial charge in [-0.3, -0.25) is 9.69 Å². The van der Waals surface area contributed by atoms with Gasteiger partial charge in [0.15, 0.2) is 0 Å². The molecule has 2 rings (SSSR count). The molecule has 0 spiro atoms. The summed E-state index contributed by atoms with van der Waals surface area (Å²) >= 11 is 0. The standard InChI is InChI=1S/C22H35N3O3/c1-17(2)19-8-6-18(7-9-19)16-24-12-14-25(15-13-24)20(26)10-11-23-21(27)28-22(3,4)5/h6-9,17H,10-16H2,1-5H3,(H,23,27). The number of ether oxygens (including phenoxy) is 1. The van der Waals surface area contributed by atoms with Gasteiger partial charge in [-0.15, -0.1) is 0 Å². The fourth-order valence-corrected chi connectivity index (χ4v) is 3.17. The van der Waals surface area contributed by atoms with Crippen LogP contribution in [0.4, 0.5) is 4.79 Å². The SMILES string of the molecule is CC(C)c1ccc(CN2CCN(C(=O)CCNC(=O)OC(C)(C)C)CC2)cc1. The zero-order chi connectivity index (χ0) is 20.7. The molecule has 28 heavy (non-hydrogen) atoms. The number of hydrogen-bond donors (Lipinski definition) is 1. The van der Waals surface area contributed by atoms with E-state index < -0.39 is 11.7 Å². The van der Waals surface area contributed by atoms with Crippen LogP contribution in [0.2, 0.25) is 0 Å². The second-order valence-corrected chi connectivity index (χ2v) is 8.73. The summed E-state index contributed by atoms with van der Waals surface area (Å²) in [4.78, 5) is 28.2. The molecule has 1 aromatic carbocycles. The number of hydrogen-bond acceptors (Lipinski definition) is 4. The molecule has 0 aromatic heterocycles. The first-order chi connectivity index (χ1) is 13.1. The molecule has 0 bridgehead atoms. The number of nitrogens with zero attached hydrogens (tertiary/aromatic N) is 2. The third kappa shape index (κ3) is 7.50. The number of benzene rings is 1. The molecule has 2 amide bonds. The molecule has 1 heterocycles. The number of alkyl carbamates (subject to hydrolysis) is 1. The van der Waals surface area contributed by atoms with E-state index in [0.717, 1.165) is 32.7 Å². The summed E-state index contributed by atoms with van der Waals surface area (Å²) in [6.45, 7) is 14.3. The summed E-state index contributed by atoms with van der Waals surface area (Å²) in [6, 6.07) is 8.82. The van der Waals surface area contributed by atoms with E-state index in [4.69, 9.17) is 4.74 Å². The van der Waals surface area contributed by atoms with Crippen molar-refractivity contribution in [3.8, 4) is 0 Å². The normalized spacial score (nSPS) is 15.6. The van der Waals surface area contributed by atoms with Crippen LogP contribution in [-0.2, 0) is 16.1 Å². The Labute approximate surface area is 169 Å². The van der Waals surface area contributed by atoms with Crippen LogP contribution in [-0.4, -0.2) is 60.1 Å². The Morgan fingerprint density at radius 1 is 1.07 bits per heavy atom. The molecule has 1 N–H and O–H groups in total. The van der Waals surface area contributed by atoms with Gasteiger partial charge in [0.25, 0.3) is 0 Å². The van der Waals surface area contributed by atoms with Crippen molar-refractivity contribution in [2.24, 2.45) is 0 Å². The van der Waals surface area contributed by atoms with Crippen molar-refractivity contribution >= 4 is 12.0 Å². The maximum atomic E-state index is 12.3.